The highest BCUT2D eigenvalue weighted by molar-refractivity contribution is 5.71. The topological polar surface area (TPSA) is 42.4 Å². The van der Waals surface area contributed by atoms with E-state index in [1.165, 1.54) is 0 Å². The molecule has 0 N–H and O–H groups in total. The predicted octanol–water partition coefficient (Wildman–Crippen LogP) is 2.76. The van der Waals surface area contributed by atoms with Gasteiger partial charge in [0.1, 0.15) is 6.10 Å². The molecule has 1 aromatic rings. The van der Waals surface area contributed by atoms with Gasteiger partial charge in [-0.15, -0.1) is 0 Å². The molecule has 17 heavy (non-hydrogen) atoms. The molecule has 1 saturated heterocycles. The normalized spacial score (nSPS) is 25.8. The van der Waals surface area contributed by atoms with Crippen LogP contribution >= 0.6 is 0 Å². The van der Waals surface area contributed by atoms with E-state index >= 15 is 0 Å². The first-order valence-corrected chi connectivity index (χ1v) is 6.04. The summed E-state index contributed by atoms with van der Waals surface area (Å²) in [5.74, 6) is 0. The molecule has 0 spiro atoms. The summed E-state index contributed by atoms with van der Waals surface area (Å²) in [6.45, 7) is 6.15. The number of ether oxygens (including phenoxy) is 1. The number of pyridine rings is 1. The lowest BCUT2D eigenvalue weighted by atomic mass is 10.0. The summed E-state index contributed by atoms with van der Waals surface area (Å²) in [5.41, 5.74) is 1.01. The second-order valence-electron chi connectivity index (χ2n) is 4.49. The Morgan fingerprint density at radius 2 is 2.12 bits per heavy atom. The Hall–Kier alpha value is -1.58. The van der Waals surface area contributed by atoms with Crippen molar-refractivity contribution in [2.75, 3.05) is 0 Å². The third-order valence-corrected chi connectivity index (χ3v) is 3.42. The maximum absolute atomic E-state index is 11.9. The van der Waals surface area contributed by atoms with E-state index in [0.717, 1.165) is 12.0 Å². The molecule has 0 aliphatic carbocycles. The summed E-state index contributed by atoms with van der Waals surface area (Å²) in [5, 5.41) is 0. The van der Waals surface area contributed by atoms with Crippen molar-refractivity contribution in [2.24, 2.45) is 0 Å². The van der Waals surface area contributed by atoms with Gasteiger partial charge in [0.25, 0.3) is 0 Å². The fourth-order valence-corrected chi connectivity index (χ4v) is 2.26. The molecule has 1 fully saturated rings. The Balaban J connectivity index is 2.21. The van der Waals surface area contributed by atoms with Crippen molar-refractivity contribution >= 4 is 6.09 Å². The molecule has 92 valence electrons. The second kappa shape index (κ2) is 4.73. The van der Waals surface area contributed by atoms with Crippen LogP contribution in [0.5, 0.6) is 0 Å². The lowest BCUT2D eigenvalue weighted by Gasteiger charge is -2.26. The molecular weight excluding hydrogens is 216 g/mol. The predicted molar refractivity (Wildman–Crippen MR) is 64.5 cm³/mol. The maximum Gasteiger partial charge on any atom is 0.411 e. The van der Waals surface area contributed by atoms with Crippen molar-refractivity contribution in [2.45, 2.75) is 45.4 Å². The fourth-order valence-electron chi connectivity index (χ4n) is 2.26. The van der Waals surface area contributed by atoms with E-state index in [0.29, 0.717) is 0 Å². The smallest absolute Gasteiger partial charge is 0.411 e. The molecule has 0 radical (unpaired) electrons. The van der Waals surface area contributed by atoms with E-state index in [4.69, 9.17) is 4.74 Å². The molecule has 2 heterocycles. The van der Waals surface area contributed by atoms with E-state index in [1.54, 1.807) is 12.4 Å². The molecule has 0 aromatic carbocycles. The van der Waals surface area contributed by atoms with Gasteiger partial charge < -0.3 is 4.74 Å². The summed E-state index contributed by atoms with van der Waals surface area (Å²) in [6, 6.07) is 4.08. The quantitative estimate of drug-likeness (QED) is 0.807. The van der Waals surface area contributed by atoms with Gasteiger partial charge in [0.05, 0.1) is 6.04 Å². The number of hydrogen-bond acceptors (Lipinski definition) is 3. The van der Waals surface area contributed by atoms with Gasteiger partial charge in [0.15, 0.2) is 0 Å². The van der Waals surface area contributed by atoms with E-state index in [1.807, 2.05) is 30.9 Å². The SMILES string of the molecule is CCC(C)N1C(=O)O[C@H](c2ccncc2)[C@@H]1C. The number of carbonyl (C=O) groups excluding carboxylic acids is 1. The average Bonchev–Trinajstić information content (AvgIpc) is 2.65. The van der Waals surface area contributed by atoms with Gasteiger partial charge in [0.2, 0.25) is 0 Å². The van der Waals surface area contributed by atoms with Crippen LogP contribution in [0, 0.1) is 0 Å². The number of aromatic nitrogens is 1. The van der Waals surface area contributed by atoms with Crippen molar-refractivity contribution in [3.63, 3.8) is 0 Å². The minimum atomic E-state index is -0.214. The van der Waals surface area contributed by atoms with E-state index in [-0.39, 0.29) is 24.3 Å². The Morgan fingerprint density at radius 1 is 1.47 bits per heavy atom. The first kappa shape index (κ1) is 11.9. The number of nitrogens with zero attached hydrogens (tertiary/aromatic N) is 2. The van der Waals surface area contributed by atoms with Crippen LogP contribution in [-0.2, 0) is 4.74 Å². The third-order valence-electron chi connectivity index (χ3n) is 3.42. The fraction of sp³-hybridized carbons (Fsp3) is 0.538. The minimum Gasteiger partial charge on any atom is -0.439 e. The van der Waals surface area contributed by atoms with Crippen molar-refractivity contribution in [3.05, 3.63) is 30.1 Å². The summed E-state index contributed by atoms with van der Waals surface area (Å²) in [6.07, 6.45) is 3.99. The van der Waals surface area contributed by atoms with Gasteiger partial charge in [-0.1, -0.05) is 6.92 Å². The third kappa shape index (κ3) is 2.12. The lowest BCUT2D eigenvalue weighted by Crippen LogP contribution is -2.39. The molecule has 0 bridgehead atoms. The van der Waals surface area contributed by atoms with Gasteiger partial charge in [-0.25, -0.2) is 4.79 Å². The van der Waals surface area contributed by atoms with Crippen molar-refractivity contribution in [1.29, 1.82) is 0 Å². The van der Waals surface area contributed by atoms with Crippen LogP contribution in [0.25, 0.3) is 0 Å². The molecular formula is C13H18N2O2. The highest BCUT2D eigenvalue weighted by Gasteiger charge is 2.41. The Morgan fingerprint density at radius 3 is 2.71 bits per heavy atom. The van der Waals surface area contributed by atoms with Crippen LogP contribution in [0.4, 0.5) is 4.79 Å². The van der Waals surface area contributed by atoms with Gasteiger partial charge in [-0.2, -0.15) is 0 Å². The van der Waals surface area contributed by atoms with Crippen LogP contribution in [-0.4, -0.2) is 28.1 Å². The summed E-state index contributed by atoms with van der Waals surface area (Å²) >= 11 is 0. The number of amides is 1. The molecule has 2 rings (SSSR count). The molecule has 4 heteroatoms. The molecule has 0 saturated carbocycles. The maximum atomic E-state index is 11.9. The van der Waals surface area contributed by atoms with Gasteiger partial charge in [0, 0.05) is 18.4 Å². The van der Waals surface area contributed by atoms with Gasteiger partial charge >= 0.3 is 6.09 Å². The zero-order valence-corrected chi connectivity index (χ0v) is 10.5. The van der Waals surface area contributed by atoms with Crippen LogP contribution < -0.4 is 0 Å². The summed E-state index contributed by atoms with van der Waals surface area (Å²) in [4.78, 5) is 17.7. The molecule has 1 aliphatic heterocycles. The van der Waals surface area contributed by atoms with Crippen LogP contribution in [0.2, 0.25) is 0 Å². The first-order chi connectivity index (χ1) is 8.15. The van der Waals surface area contributed by atoms with Crippen LogP contribution in [0.1, 0.15) is 38.9 Å². The second-order valence-corrected chi connectivity index (χ2v) is 4.49. The van der Waals surface area contributed by atoms with Crippen molar-refractivity contribution < 1.29 is 9.53 Å². The Labute approximate surface area is 102 Å². The number of rotatable bonds is 3. The Bertz CT molecular complexity index is 394. The number of cyclic esters (lactones) is 1. The summed E-state index contributed by atoms with van der Waals surface area (Å²) < 4.78 is 5.45. The minimum absolute atomic E-state index is 0.0693. The molecule has 1 amide bonds. The van der Waals surface area contributed by atoms with E-state index in [2.05, 4.69) is 11.9 Å². The lowest BCUT2D eigenvalue weighted by molar-refractivity contribution is 0.128. The van der Waals surface area contributed by atoms with Crippen molar-refractivity contribution in [3.8, 4) is 0 Å². The highest BCUT2D eigenvalue weighted by Crippen LogP contribution is 2.33. The largest absolute Gasteiger partial charge is 0.439 e. The monoisotopic (exact) mass is 234 g/mol. The standard InChI is InChI=1S/C13H18N2O2/c1-4-9(2)15-10(3)12(17-13(15)16)11-5-7-14-8-6-11/h5-10,12H,4H2,1-3H3/t9?,10-,12-/m0/s1. The Kier molecular flexibility index (Phi) is 3.31. The van der Waals surface area contributed by atoms with Crippen molar-refractivity contribution in [1.82, 2.24) is 9.88 Å². The highest BCUT2D eigenvalue weighted by atomic mass is 16.6. The zero-order chi connectivity index (χ0) is 12.4. The van der Waals surface area contributed by atoms with E-state index < -0.39 is 0 Å². The molecule has 3 atom stereocenters. The molecule has 4 nitrogen and oxygen atoms in total. The molecule has 1 aliphatic rings. The van der Waals surface area contributed by atoms with Gasteiger partial charge in [-0.3, -0.25) is 9.88 Å². The summed E-state index contributed by atoms with van der Waals surface area (Å²) in [7, 11) is 0. The van der Waals surface area contributed by atoms with Crippen LogP contribution in [0.3, 0.4) is 0 Å². The number of carbonyl (C=O) groups is 1. The molecule has 1 unspecified atom stereocenters. The molecule has 1 aromatic heterocycles. The van der Waals surface area contributed by atoms with Crippen LogP contribution in [0.15, 0.2) is 24.5 Å². The van der Waals surface area contributed by atoms with E-state index in [9.17, 15) is 4.79 Å². The number of hydrogen-bond donors (Lipinski definition) is 0. The van der Waals surface area contributed by atoms with Gasteiger partial charge in [-0.05, 0) is 38.0 Å². The zero-order valence-electron chi connectivity index (χ0n) is 10.5. The average molecular weight is 234 g/mol. The first-order valence-electron chi connectivity index (χ1n) is 6.04.